The lowest BCUT2D eigenvalue weighted by Crippen LogP contribution is -2.11. The van der Waals surface area contributed by atoms with Crippen molar-refractivity contribution >= 4 is 53.3 Å². The van der Waals surface area contributed by atoms with Crippen molar-refractivity contribution < 1.29 is 13.2 Å². The van der Waals surface area contributed by atoms with Crippen LogP contribution in [0.2, 0.25) is 0 Å². The quantitative estimate of drug-likeness (QED) is 0.568. The molecule has 2 aromatic heterocycles. The van der Waals surface area contributed by atoms with Gasteiger partial charge in [-0.3, -0.25) is 15.1 Å². The summed E-state index contributed by atoms with van der Waals surface area (Å²) in [5, 5.41) is 4.15. The second kappa shape index (κ2) is 6.40. The number of amides is 1. The summed E-state index contributed by atoms with van der Waals surface area (Å²) in [6.45, 7) is 1.90. The Morgan fingerprint density at radius 1 is 1.00 bits per heavy atom. The summed E-state index contributed by atoms with van der Waals surface area (Å²) < 4.78 is 24.1. The standard InChI is InChI=1S/C19H15N3O3S2/c1-11-3-4-12-5-6-13(9-16(12)20-11)18(23)22-19-21-15-8-7-14(27(2,24)25)10-17(15)26-19/h3-10H,1-2H3,(H,21,22,23). The zero-order valence-corrected chi connectivity index (χ0v) is 16.2. The van der Waals surface area contributed by atoms with Crippen molar-refractivity contribution in [2.45, 2.75) is 11.8 Å². The number of anilines is 1. The number of pyridine rings is 1. The number of aromatic nitrogens is 2. The zero-order valence-electron chi connectivity index (χ0n) is 14.6. The molecule has 136 valence electrons. The van der Waals surface area contributed by atoms with Gasteiger partial charge in [-0.05, 0) is 43.3 Å². The number of sulfone groups is 1. The molecule has 0 bridgehead atoms. The van der Waals surface area contributed by atoms with Gasteiger partial charge in [0.15, 0.2) is 15.0 Å². The van der Waals surface area contributed by atoms with Crippen LogP contribution in [0.3, 0.4) is 0 Å². The molecule has 2 heterocycles. The van der Waals surface area contributed by atoms with Gasteiger partial charge >= 0.3 is 0 Å². The molecule has 0 saturated heterocycles. The third-order valence-electron chi connectivity index (χ3n) is 4.10. The molecule has 0 aliphatic carbocycles. The summed E-state index contributed by atoms with van der Waals surface area (Å²) in [4.78, 5) is 21.6. The van der Waals surface area contributed by atoms with Crippen LogP contribution in [0, 0.1) is 6.92 Å². The minimum Gasteiger partial charge on any atom is -0.298 e. The van der Waals surface area contributed by atoms with Crippen LogP contribution >= 0.6 is 11.3 Å². The molecule has 0 unspecified atom stereocenters. The minimum atomic E-state index is -3.29. The van der Waals surface area contributed by atoms with Gasteiger partial charge in [0.2, 0.25) is 0 Å². The molecular formula is C19H15N3O3S2. The molecule has 6 nitrogen and oxygen atoms in total. The van der Waals surface area contributed by atoms with E-state index in [1.807, 2.05) is 25.1 Å². The first-order valence-electron chi connectivity index (χ1n) is 8.09. The number of hydrogen-bond donors (Lipinski definition) is 1. The van der Waals surface area contributed by atoms with Gasteiger partial charge in [0, 0.05) is 22.9 Å². The number of nitrogens with zero attached hydrogens (tertiary/aromatic N) is 2. The molecule has 4 rings (SSSR count). The second-order valence-electron chi connectivity index (χ2n) is 6.23. The molecule has 0 radical (unpaired) electrons. The maximum Gasteiger partial charge on any atom is 0.257 e. The van der Waals surface area contributed by atoms with Gasteiger partial charge in [-0.2, -0.15) is 0 Å². The SMILES string of the molecule is Cc1ccc2ccc(C(=O)Nc3nc4ccc(S(C)(=O)=O)cc4s3)cc2n1. The molecular weight excluding hydrogens is 382 g/mol. The van der Waals surface area contributed by atoms with Crippen LogP contribution in [0.4, 0.5) is 5.13 Å². The highest BCUT2D eigenvalue weighted by molar-refractivity contribution is 7.90. The van der Waals surface area contributed by atoms with E-state index in [-0.39, 0.29) is 10.8 Å². The topological polar surface area (TPSA) is 89.0 Å². The van der Waals surface area contributed by atoms with Gasteiger partial charge in [-0.25, -0.2) is 13.4 Å². The number of fused-ring (bicyclic) bond motifs is 2. The van der Waals surface area contributed by atoms with Crippen molar-refractivity contribution in [3.8, 4) is 0 Å². The van der Waals surface area contributed by atoms with Crippen LogP contribution in [-0.2, 0) is 9.84 Å². The predicted octanol–water partition coefficient (Wildman–Crippen LogP) is 3.81. The van der Waals surface area contributed by atoms with Gasteiger partial charge < -0.3 is 0 Å². The number of carbonyl (C=O) groups excluding carboxylic acids is 1. The number of carbonyl (C=O) groups is 1. The summed E-state index contributed by atoms with van der Waals surface area (Å²) >= 11 is 1.23. The van der Waals surface area contributed by atoms with Crippen LogP contribution in [-0.4, -0.2) is 30.5 Å². The maximum absolute atomic E-state index is 12.6. The minimum absolute atomic E-state index is 0.229. The average Bonchev–Trinajstić information content (AvgIpc) is 3.01. The molecule has 0 fully saturated rings. The van der Waals surface area contributed by atoms with Crippen LogP contribution in [0.15, 0.2) is 53.4 Å². The first-order valence-corrected chi connectivity index (χ1v) is 10.8. The van der Waals surface area contributed by atoms with E-state index in [2.05, 4.69) is 15.3 Å². The molecule has 0 atom stereocenters. The van der Waals surface area contributed by atoms with Gasteiger partial charge in [0.1, 0.15) is 0 Å². The first-order chi connectivity index (χ1) is 12.8. The summed E-state index contributed by atoms with van der Waals surface area (Å²) in [6.07, 6.45) is 1.16. The molecule has 27 heavy (non-hydrogen) atoms. The van der Waals surface area contributed by atoms with Crippen LogP contribution in [0.1, 0.15) is 16.1 Å². The van der Waals surface area contributed by atoms with E-state index >= 15 is 0 Å². The van der Waals surface area contributed by atoms with Crippen LogP contribution in [0.5, 0.6) is 0 Å². The van der Waals surface area contributed by atoms with E-state index in [4.69, 9.17) is 0 Å². The first kappa shape index (κ1) is 17.6. The number of benzene rings is 2. The van der Waals surface area contributed by atoms with Crippen LogP contribution in [0.25, 0.3) is 21.1 Å². The molecule has 4 aromatic rings. The van der Waals surface area contributed by atoms with Gasteiger partial charge in [0.25, 0.3) is 5.91 Å². The van der Waals surface area contributed by atoms with Crippen molar-refractivity contribution in [1.82, 2.24) is 9.97 Å². The fourth-order valence-electron chi connectivity index (χ4n) is 2.72. The highest BCUT2D eigenvalue weighted by atomic mass is 32.2. The fraction of sp³-hybridized carbons (Fsp3) is 0.105. The van der Waals surface area contributed by atoms with Crippen molar-refractivity contribution in [3.05, 3.63) is 59.8 Å². The highest BCUT2D eigenvalue weighted by Gasteiger charge is 2.13. The molecule has 0 saturated carbocycles. The van der Waals surface area contributed by atoms with E-state index in [9.17, 15) is 13.2 Å². The molecule has 0 aliphatic heterocycles. The number of nitrogens with one attached hydrogen (secondary N) is 1. The van der Waals surface area contributed by atoms with Crippen molar-refractivity contribution in [2.75, 3.05) is 11.6 Å². The molecule has 1 N–H and O–H groups in total. The Bertz CT molecular complexity index is 1310. The number of rotatable bonds is 3. The third kappa shape index (κ3) is 3.54. The van der Waals surface area contributed by atoms with Gasteiger partial charge in [0.05, 0.1) is 20.6 Å². The number of aryl methyl sites for hydroxylation is 1. The lowest BCUT2D eigenvalue weighted by Gasteiger charge is -2.04. The molecule has 1 amide bonds. The normalized spacial score (nSPS) is 11.8. The Labute approximate surface area is 159 Å². The largest absolute Gasteiger partial charge is 0.298 e. The monoisotopic (exact) mass is 397 g/mol. The van der Waals surface area contributed by atoms with E-state index in [0.29, 0.717) is 20.9 Å². The Balaban J connectivity index is 1.64. The van der Waals surface area contributed by atoms with Gasteiger partial charge in [-0.15, -0.1) is 0 Å². The van der Waals surface area contributed by atoms with Crippen molar-refractivity contribution in [2.24, 2.45) is 0 Å². The van der Waals surface area contributed by atoms with E-state index in [0.717, 1.165) is 22.9 Å². The van der Waals surface area contributed by atoms with Crippen LogP contribution < -0.4 is 5.32 Å². The maximum atomic E-state index is 12.6. The molecule has 8 heteroatoms. The highest BCUT2D eigenvalue weighted by Crippen LogP contribution is 2.28. The summed E-state index contributed by atoms with van der Waals surface area (Å²) in [5.41, 5.74) is 2.76. The third-order valence-corrected chi connectivity index (χ3v) is 6.15. The second-order valence-corrected chi connectivity index (χ2v) is 9.28. The number of thiazole rings is 1. The molecule has 0 spiro atoms. The molecule has 2 aromatic carbocycles. The Kier molecular flexibility index (Phi) is 4.16. The lowest BCUT2D eigenvalue weighted by atomic mass is 10.1. The predicted molar refractivity (Wildman–Crippen MR) is 107 cm³/mol. The number of hydrogen-bond acceptors (Lipinski definition) is 6. The Morgan fingerprint density at radius 2 is 1.78 bits per heavy atom. The van der Waals surface area contributed by atoms with Crippen molar-refractivity contribution in [1.29, 1.82) is 0 Å². The Hall–Kier alpha value is -2.84. The molecule has 0 aliphatic rings. The average molecular weight is 397 g/mol. The van der Waals surface area contributed by atoms with Gasteiger partial charge in [-0.1, -0.05) is 23.5 Å². The Morgan fingerprint density at radius 3 is 2.56 bits per heavy atom. The van der Waals surface area contributed by atoms with E-state index in [1.54, 1.807) is 24.3 Å². The van der Waals surface area contributed by atoms with E-state index < -0.39 is 9.84 Å². The smallest absolute Gasteiger partial charge is 0.257 e. The fourth-order valence-corrected chi connectivity index (χ4v) is 4.34. The summed E-state index contributed by atoms with van der Waals surface area (Å²) in [6, 6.07) is 14.0. The summed E-state index contributed by atoms with van der Waals surface area (Å²) in [5.74, 6) is -0.289. The van der Waals surface area contributed by atoms with E-state index in [1.165, 1.54) is 17.4 Å². The van der Waals surface area contributed by atoms with Crippen molar-refractivity contribution in [3.63, 3.8) is 0 Å². The summed E-state index contributed by atoms with van der Waals surface area (Å²) in [7, 11) is -3.29. The zero-order chi connectivity index (χ0) is 19.2. The lowest BCUT2D eigenvalue weighted by molar-refractivity contribution is 0.102.